The molecule has 0 aliphatic rings. The molecule has 1 aromatic heterocycles. The van der Waals surface area contributed by atoms with Crippen molar-refractivity contribution in [2.45, 2.75) is 12.5 Å². The number of aromatic nitrogens is 2. The Balaban J connectivity index is 2.20. The fourth-order valence-corrected chi connectivity index (χ4v) is 2.04. The zero-order chi connectivity index (χ0) is 13.1. The number of rotatable bonds is 4. The molecule has 2 rings (SSSR count). The maximum absolute atomic E-state index is 10.1. The molecule has 1 aromatic carbocycles. The van der Waals surface area contributed by atoms with Gasteiger partial charge in [-0.3, -0.25) is 4.68 Å². The Morgan fingerprint density at radius 1 is 1.50 bits per heavy atom. The van der Waals surface area contributed by atoms with Crippen LogP contribution >= 0.6 is 11.6 Å². The fraction of sp³-hybridized carbons (Fsp3) is 0.308. The minimum atomic E-state index is -0.619. The minimum absolute atomic E-state index is 0.440. The van der Waals surface area contributed by atoms with Gasteiger partial charge in [-0.2, -0.15) is 5.10 Å². The maximum atomic E-state index is 10.1. The van der Waals surface area contributed by atoms with Crippen molar-refractivity contribution < 1.29 is 9.84 Å². The zero-order valence-corrected chi connectivity index (χ0v) is 11.1. The molecule has 96 valence electrons. The molecule has 0 aliphatic carbocycles. The Hall–Kier alpha value is -1.52. The van der Waals surface area contributed by atoms with Gasteiger partial charge >= 0.3 is 0 Å². The van der Waals surface area contributed by atoms with Crippen LogP contribution in [0.5, 0.6) is 5.75 Å². The molecule has 0 saturated carbocycles. The fourth-order valence-electron chi connectivity index (χ4n) is 1.85. The molecule has 1 heterocycles. The molecule has 2 aromatic rings. The van der Waals surface area contributed by atoms with E-state index in [1.54, 1.807) is 42.4 Å². The predicted octanol–water partition coefficient (Wildman–Crippen LogP) is 2.36. The molecular formula is C13H15ClN2O2. The molecule has 1 unspecified atom stereocenters. The third kappa shape index (κ3) is 2.83. The summed E-state index contributed by atoms with van der Waals surface area (Å²) in [7, 11) is 3.42. The average Bonchev–Trinajstić information content (AvgIpc) is 2.76. The van der Waals surface area contributed by atoms with Crippen LogP contribution in [0.2, 0.25) is 5.02 Å². The number of ether oxygens (including phenoxy) is 1. The lowest BCUT2D eigenvalue weighted by molar-refractivity contribution is 0.177. The van der Waals surface area contributed by atoms with E-state index in [9.17, 15) is 5.11 Å². The number of benzene rings is 1. The number of aryl methyl sites for hydroxylation is 1. The summed E-state index contributed by atoms with van der Waals surface area (Å²) in [5.74, 6) is 0.724. The van der Waals surface area contributed by atoms with Gasteiger partial charge in [0.2, 0.25) is 0 Å². The van der Waals surface area contributed by atoms with Gasteiger partial charge in [0.05, 0.1) is 19.4 Å². The largest absolute Gasteiger partial charge is 0.496 e. The van der Waals surface area contributed by atoms with Crippen LogP contribution in [0.15, 0.2) is 30.6 Å². The van der Waals surface area contributed by atoms with Crippen molar-refractivity contribution in [1.82, 2.24) is 9.78 Å². The number of methoxy groups -OCH3 is 1. The average molecular weight is 267 g/mol. The normalized spacial score (nSPS) is 12.4. The molecule has 0 radical (unpaired) electrons. The molecule has 5 heteroatoms. The highest BCUT2D eigenvalue weighted by Gasteiger charge is 2.13. The van der Waals surface area contributed by atoms with Crippen molar-refractivity contribution >= 4 is 11.6 Å². The van der Waals surface area contributed by atoms with E-state index in [0.717, 1.165) is 16.9 Å². The topological polar surface area (TPSA) is 47.3 Å². The van der Waals surface area contributed by atoms with Crippen LogP contribution in [0.4, 0.5) is 0 Å². The molecule has 0 fully saturated rings. The van der Waals surface area contributed by atoms with Gasteiger partial charge in [0.1, 0.15) is 5.75 Å². The van der Waals surface area contributed by atoms with Crippen molar-refractivity contribution in [2.24, 2.45) is 7.05 Å². The number of hydrogen-bond acceptors (Lipinski definition) is 3. The molecule has 1 atom stereocenters. The number of aliphatic hydroxyl groups is 1. The summed E-state index contributed by atoms with van der Waals surface area (Å²) in [6.45, 7) is 0. The van der Waals surface area contributed by atoms with Gasteiger partial charge in [-0.25, -0.2) is 0 Å². The highest BCUT2D eigenvalue weighted by atomic mass is 35.5. The highest BCUT2D eigenvalue weighted by molar-refractivity contribution is 6.30. The third-order valence-electron chi connectivity index (χ3n) is 2.77. The third-order valence-corrected chi connectivity index (χ3v) is 3.00. The van der Waals surface area contributed by atoms with Crippen LogP contribution in [0.1, 0.15) is 17.2 Å². The lowest BCUT2D eigenvalue weighted by atomic mass is 10.0. The summed E-state index contributed by atoms with van der Waals surface area (Å²) in [5.41, 5.74) is 1.65. The number of aliphatic hydroxyl groups excluding tert-OH is 1. The Labute approximate surface area is 111 Å². The van der Waals surface area contributed by atoms with Crippen molar-refractivity contribution in [3.05, 3.63) is 46.7 Å². The molecule has 0 bridgehead atoms. The van der Waals surface area contributed by atoms with E-state index in [2.05, 4.69) is 5.10 Å². The molecule has 0 amide bonds. The summed E-state index contributed by atoms with van der Waals surface area (Å²) < 4.78 is 6.91. The Kier molecular flexibility index (Phi) is 3.89. The predicted molar refractivity (Wildman–Crippen MR) is 69.9 cm³/mol. The first-order valence-electron chi connectivity index (χ1n) is 5.59. The van der Waals surface area contributed by atoms with Gasteiger partial charge in [0.25, 0.3) is 0 Å². The highest BCUT2D eigenvalue weighted by Crippen LogP contribution is 2.27. The number of nitrogens with zero attached hydrogens (tertiary/aromatic N) is 2. The first-order chi connectivity index (χ1) is 8.60. The maximum Gasteiger partial charge on any atom is 0.122 e. The Bertz CT molecular complexity index is 540. The summed E-state index contributed by atoms with van der Waals surface area (Å²) in [6, 6.07) is 5.37. The van der Waals surface area contributed by atoms with Crippen molar-refractivity contribution in [2.75, 3.05) is 7.11 Å². The second-order valence-corrected chi connectivity index (χ2v) is 4.56. The summed E-state index contributed by atoms with van der Waals surface area (Å²) in [4.78, 5) is 0. The van der Waals surface area contributed by atoms with Crippen LogP contribution in [0.3, 0.4) is 0 Å². The van der Waals surface area contributed by atoms with E-state index in [1.165, 1.54) is 0 Å². The molecule has 18 heavy (non-hydrogen) atoms. The SMILES string of the molecule is COc1ccc(Cl)cc1CC(O)c1cnn(C)c1. The van der Waals surface area contributed by atoms with E-state index >= 15 is 0 Å². The van der Waals surface area contributed by atoms with Crippen LogP contribution in [0.25, 0.3) is 0 Å². The van der Waals surface area contributed by atoms with Crippen LogP contribution in [-0.2, 0) is 13.5 Å². The standard InChI is InChI=1S/C13H15ClN2O2/c1-16-8-10(7-15-16)12(17)6-9-5-11(14)3-4-13(9)18-2/h3-5,7-8,12,17H,6H2,1-2H3. The smallest absolute Gasteiger partial charge is 0.122 e. The molecule has 0 spiro atoms. The van der Waals surface area contributed by atoms with Gasteiger partial charge in [0, 0.05) is 30.3 Å². The molecule has 0 aliphatic heterocycles. The zero-order valence-electron chi connectivity index (χ0n) is 10.3. The Morgan fingerprint density at radius 3 is 2.89 bits per heavy atom. The van der Waals surface area contributed by atoms with E-state index in [4.69, 9.17) is 16.3 Å². The number of halogens is 1. The van der Waals surface area contributed by atoms with Gasteiger partial charge < -0.3 is 9.84 Å². The summed E-state index contributed by atoms with van der Waals surface area (Å²) >= 11 is 5.95. The second kappa shape index (κ2) is 5.42. The van der Waals surface area contributed by atoms with Crippen molar-refractivity contribution in [1.29, 1.82) is 0 Å². The first-order valence-corrected chi connectivity index (χ1v) is 5.97. The quantitative estimate of drug-likeness (QED) is 0.924. The first kappa shape index (κ1) is 12.9. The van der Waals surface area contributed by atoms with Crippen LogP contribution in [0, 0.1) is 0 Å². The molecule has 4 nitrogen and oxygen atoms in total. The van der Waals surface area contributed by atoms with Gasteiger partial charge in [-0.15, -0.1) is 0 Å². The van der Waals surface area contributed by atoms with E-state index in [0.29, 0.717) is 11.4 Å². The second-order valence-electron chi connectivity index (χ2n) is 4.12. The number of hydrogen-bond donors (Lipinski definition) is 1. The lowest BCUT2D eigenvalue weighted by Gasteiger charge is -2.12. The summed E-state index contributed by atoms with van der Waals surface area (Å²) in [5, 5.41) is 14.8. The molecule has 0 saturated heterocycles. The van der Waals surface area contributed by atoms with Crippen molar-refractivity contribution in [3.8, 4) is 5.75 Å². The minimum Gasteiger partial charge on any atom is -0.496 e. The van der Waals surface area contributed by atoms with Gasteiger partial charge in [-0.1, -0.05) is 11.6 Å². The van der Waals surface area contributed by atoms with E-state index in [-0.39, 0.29) is 0 Å². The van der Waals surface area contributed by atoms with Crippen LogP contribution in [-0.4, -0.2) is 22.0 Å². The van der Waals surface area contributed by atoms with E-state index < -0.39 is 6.10 Å². The molecular weight excluding hydrogens is 252 g/mol. The summed E-state index contributed by atoms with van der Waals surface area (Å²) in [6.07, 6.45) is 3.27. The van der Waals surface area contributed by atoms with Crippen LogP contribution < -0.4 is 4.74 Å². The Morgan fingerprint density at radius 2 is 2.28 bits per heavy atom. The van der Waals surface area contributed by atoms with Crippen molar-refractivity contribution in [3.63, 3.8) is 0 Å². The monoisotopic (exact) mass is 266 g/mol. The molecule has 1 N–H and O–H groups in total. The lowest BCUT2D eigenvalue weighted by Crippen LogP contribution is -2.02. The van der Waals surface area contributed by atoms with Gasteiger partial charge in [0.15, 0.2) is 0 Å². The van der Waals surface area contributed by atoms with E-state index in [1.807, 2.05) is 7.05 Å². The van der Waals surface area contributed by atoms with Gasteiger partial charge in [-0.05, 0) is 23.8 Å².